The summed E-state index contributed by atoms with van der Waals surface area (Å²) < 4.78 is 37.9. The van der Waals surface area contributed by atoms with Gasteiger partial charge in [0.2, 0.25) is 5.91 Å². The molecule has 4 rings (SSSR count). The van der Waals surface area contributed by atoms with Gasteiger partial charge in [-0.1, -0.05) is 24.3 Å². The van der Waals surface area contributed by atoms with E-state index in [4.69, 9.17) is 0 Å². The van der Waals surface area contributed by atoms with Gasteiger partial charge >= 0.3 is 6.18 Å². The van der Waals surface area contributed by atoms with Crippen LogP contribution in [0.4, 0.5) is 18.9 Å². The first-order valence-electron chi connectivity index (χ1n) is 9.24. The number of carbonyl (C=O) groups excluding carboxylic acids is 1. The molecule has 2 aliphatic rings. The Morgan fingerprint density at radius 2 is 1.79 bits per heavy atom. The number of amides is 1. The van der Waals surface area contributed by atoms with Crippen molar-refractivity contribution in [1.82, 2.24) is 15.2 Å². The summed E-state index contributed by atoms with van der Waals surface area (Å²) in [5, 5.41) is 2.97. The second kappa shape index (κ2) is 7.09. The predicted molar refractivity (Wildman–Crippen MR) is 98.4 cm³/mol. The van der Waals surface area contributed by atoms with Crippen LogP contribution in [0.15, 0.2) is 48.7 Å². The molecule has 28 heavy (non-hydrogen) atoms. The summed E-state index contributed by atoms with van der Waals surface area (Å²) in [5.74, 6) is 0.0483. The number of benzene rings is 1. The van der Waals surface area contributed by atoms with Gasteiger partial charge in [0.15, 0.2) is 0 Å². The summed E-state index contributed by atoms with van der Waals surface area (Å²) in [6.45, 7) is 2.40. The molecular formula is C20H21F3N4O. The minimum atomic E-state index is -4.42. The van der Waals surface area contributed by atoms with Gasteiger partial charge in [-0.2, -0.15) is 13.2 Å². The second-order valence-electron chi connectivity index (χ2n) is 7.28. The van der Waals surface area contributed by atoms with Crippen LogP contribution >= 0.6 is 0 Å². The molecule has 1 spiro atoms. The lowest BCUT2D eigenvalue weighted by molar-refractivity contribution is -0.141. The third-order valence-corrected chi connectivity index (χ3v) is 5.61. The highest BCUT2D eigenvalue weighted by Gasteiger charge is 2.50. The molecule has 148 valence electrons. The fourth-order valence-corrected chi connectivity index (χ4v) is 4.06. The molecule has 0 bridgehead atoms. The minimum Gasteiger partial charge on any atom is -0.339 e. The van der Waals surface area contributed by atoms with Crippen LogP contribution in [0.3, 0.4) is 0 Å². The fraction of sp³-hybridized carbons (Fsp3) is 0.400. The lowest BCUT2D eigenvalue weighted by atomic mass is 9.85. The van der Waals surface area contributed by atoms with Crippen LogP contribution in [0, 0.1) is 0 Å². The number of nitrogens with zero attached hydrogens (tertiary/aromatic N) is 3. The number of para-hydroxylation sites is 1. The van der Waals surface area contributed by atoms with E-state index in [0.29, 0.717) is 39.1 Å². The largest absolute Gasteiger partial charge is 0.433 e. The molecule has 1 amide bonds. The maximum atomic E-state index is 12.6. The Morgan fingerprint density at radius 1 is 1.07 bits per heavy atom. The maximum Gasteiger partial charge on any atom is 0.433 e. The van der Waals surface area contributed by atoms with Crippen LogP contribution in [0.2, 0.25) is 0 Å². The summed E-state index contributed by atoms with van der Waals surface area (Å²) in [7, 11) is 0. The molecule has 0 unspecified atom stereocenters. The predicted octanol–water partition coefficient (Wildman–Crippen LogP) is 3.03. The molecule has 3 heterocycles. The number of likely N-dealkylation sites (tertiary alicyclic amines) is 1. The lowest BCUT2D eigenvalue weighted by Crippen LogP contribution is -2.56. The number of alkyl halides is 3. The number of hydrogen-bond donors (Lipinski definition) is 1. The van der Waals surface area contributed by atoms with Crippen molar-refractivity contribution in [2.75, 3.05) is 24.7 Å². The van der Waals surface area contributed by atoms with E-state index in [1.54, 1.807) is 0 Å². The number of nitrogens with one attached hydrogen (secondary N) is 1. The molecule has 8 heteroatoms. The zero-order chi connectivity index (χ0) is 19.8. The number of aromatic nitrogens is 1. The zero-order valence-electron chi connectivity index (χ0n) is 15.2. The fourth-order valence-electron chi connectivity index (χ4n) is 4.06. The summed E-state index contributed by atoms with van der Waals surface area (Å²) in [6, 6.07) is 12.4. The first kappa shape index (κ1) is 18.7. The number of rotatable bonds is 3. The van der Waals surface area contributed by atoms with Crippen LogP contribution in [-0.2, 0) is 17.5 Å². The lowest BCUT2D eigenvalue weighted by Gasteiger charge is -2.43. The van der Waals surface area contributed by atoms with E-state index in [-0.39, 0.29) is 5.91 Å². The minimum absolute atomic E-state index is 0.0483. The highest BCUT2D eigenvalue weighted by atomic mass is 19.4. The van der Waals surface area contributed by atoms with E-state index in [1.165, 1.54) is 12.3 Å². The number of hydrogen-bond acceptors (Lipinski definition) is 4. The third-order valence-electron chi connectivity index (χ3n) is 5.61. The molecule has 5 nitrogen and oxygen atoms in total. The van der Waals surface area contributed by atoms with Crippen molar-refractivity contribution in [1.29, 1.82) is 0 Å². The van der Waals surface area contributed by atoms with E-state index >= 15 is 0 Å². The van der Waals surface area contributed by atoms with Crippen molar-refractivity contribution >= 4 is 11.6 Å². The smallest absolute Gasteiger partial charge is 0.339 e. The van der Waals surface area contributed by atoms with Gasteiger partial charge < -0.3 is 10.2 Å². The van der Waals surface area contributed by atoms with Gasteiger partial charge in [-0.3, -0.25) is 14.7 Å². The standard InChI is InChI=1S/C20H21F3N4O/c21-20(22,23)17-7-6-15(12-24-17)13-26-10-8-19(9-11-26)18(28)25-14-27(19)16-4-2-1-3-5-16/h1-7,12H,8-11,13-14H2,(H,25,28). The molecule has 2 fully saturated rings. The average molecular weight is 390 g/mol. The Bertz CT molecular complexity index is 831. The molecule has 2 aliphatic heterocycles. The molecule has 0 atom stereocenters. The van der Waals surface area contributed by atoms with E-state index in [9.17, 15) is 18.0 Å². The van der Waals surface area contributed by atoms with E-state index in [1.807, 2.05) is 30.3 Å². The van der Waals surface area contributed by atoms with Crippen molar-refractivity contribution in [2.24, 2.45) is 0 Å². The van der Waals surface area contributed by atoms with Crippen molar-refractivity contribution in [3.8, 4) is 0 Å². The van der Waals surface area contributed by atoms with Gasteiger partial charge in [-0.15, -0.1) is 0 Å². The van der Waals surface area contributed by atoms with Crippen LogP contribution in [0.5, 0.6) is 0 Å². The summed E-state index contributed by atoms with van der Waals surface area (Å²) in [6.07, 6.45) is -1.80. The van der Waals surface area contributed by atoms with Gasteiger partial charge in [0.05, 0.1) is 6.67 Å². The van der Waals surface area contributed by atoms with Crippen LogP contribution < -0.4 is 10.2 Å². The quantitative estimate of drug-likeness (QED) is 0.875. The van der Waals surface area contributed by atoms with Crippen LogP contribution in [-0.4, -0.2) is 41.1 Å². The molecule has 0 saturated carbocycles. The third kappa shape index (κ3) is 3.44. The second-order valence-corrected chi connectivity index (χ2v) is 7.28. The highest BCUT2D eigenvalue weighted by molar-refractivity contribution is 5.93. The monoisotopic (exact) mass is 390 g/mol. The molecule has 2 saturated heterocycles. The van der Waals surface area contributed by atoms with Crippen LogP contribution in [0.25, 0.3) is 0 Å². The number of piperidine rings is 1. The molecule has 0 aliphatic carbocycles. The summed E-state index contributed by atoms with van der Waals surface area (Å²) in [4.78, 5) is 20.5. The Balaban J connectivity index is 1.43. The Labute approximate surface area is 161 Å². The molecule has 0 radical (unpaired) electrons. The van der Waals surface area contributed by atoms with Gasteiger partial charge in [0.25, 0.3) is 0 Å². The average Bonchev–Trinajstić information content (AvgIpc) is 3.00. The van der Waals surface area contributed by atoms with Crippen molar-refractivity contribution < 1.29 is 18.0 Å². The van der Waals surface area contributed by atoms with E-state index in [2.05, 4.69) is 20.1 Å². The van der Waals surface area contributed by atoms with Crippen molar-refractivity contribution in [2.45, 2.75) is 31.1 Å². The zero-order valence-corrected chi connectivity index (χ0v) is 15.2. The van der Waals surface area contributed by atoms with Gasteiger partial charge in [0.1, 0.15) is 11.2 Å². The van der Waals surface area contributed by atoms with Crippen molar-refractivity contribution in [3.63, 3.8) is 0 Å². The van der Waals surface area contributed by atoms with Crippen LogP contribution in [0.1, 0.15) is 24.1 Å². The molecular weight excluding hydrogens is 369 g/mol. The van der Waals surface area contributed by atoms with Gasteiger partial charge in [-0.25, -0.2) is 0 Å². The van der Waals surface area contributed by atoms with E-state index in [0.717, 1.165) is 17.3 Å². The molecule has 1 aromatic heterocycles. The normalized spacial score (nSPS) is 19.8. The first-order chi connectivity index (χ1) is 13.4. The maximum absolute atomic E-state index is 12.6. The Kier molecular flexibility index (Phi) is 4.74. The van der Waals surface area contributed by atoms with Gasteiger partial charge in [0, 0.05) is 31.5 Å². The van der Waals surface area contributed by atoms with E-state index < -0.39 is 17.4 Å². The topological polar surface area (TPSA) is 48.5 Å². The Morgan fingerprint density at radius 3 is 2.39 bits per heavy atom. The van der Waals surface area contributed by atoms with Crippen molar-refractivity contribution in [3.05, 3.63) is 59.9 Å². The van der Waals surface area contributed by atoms with Gasteiger partial charge in [-0.05, 0) is 36.6 Å². The first-order valence-corrected chi connectivity index (χ1v) is 9.24. The summed E-state index contributed by atoms with van der Waals surface area (Å²) in [5.41, 5.74) is 0.312. The molecule has 1 aromatic carbocycles. The number of halogens is 3. The molecule has 2 aromatic rings. The number of carbonyl (C=O) groups is 1. The number of anilines is 1. The SMILES string of the molecule is O=C1NCN(c2ccccc2)C12CCN(Cc1ccc(C(F)(F)F)nc1)CC2. The molecule has 1 N–H and O–H groups in total. The summed E-state index contributed by atoms with van der Waals surface area (Å²) >= 11 is 0. The number of pyridine rings is 1. The highest BCUT2D eigenvalue weighted by Crippen LogP contribution is 2.36. The Hall–Kier alpha value is -2.61.